The van der Waals surface area contributed by atoms with Gasteiger partial charge >= 0.3 is 0 Å². The number of hydrogen-bond acceptors (Lipinski definition) is 7. The van der Waals surface area contributed by atoms with Crippen molar-refractivity contribution in [2.24, 2.45) is 0 Å². The average Bonchev–Trinajstić information content (AvgIpc) is 3.34. The van der Waals surface area contributed by atoms with Gasteiger partial charge in [-0.15, -0.1) is 11.8 Å². The molecule has 4 atom stereocenters. The number of pyridine rings is 1. The Labute approximate surface area is 198 Å². The van der Waals surface area contributed by atoms with Crippen LogP contribution in [-0.2, 0) is 12.8 Å². The number of benzene rings is 1. The third-order valence-electron chi connectivity index (χ3n) is 6.12. The summed E-state index contributed by atoms with van der Waals surface area (Å²) in [5.74, 6) is 0.469. The quantitative estimate of drug-likeness (QED) is 0.371. The monoisotopic (exact) mass is 513 g/mol. The minimum absolute atomic E-state index is 0.0847. The van der Waals surface area contributed by atoms with Crippen LogP contribution in [0.3, 0.4) is 0 Å². The highest BCUT2D eigenvalue weighted by atomic mass is 79.9. The fourth-order valence-corrected chi connectivity index (χ4v) is 6.27. The van der Waals surface area contributed by atoms with Crippen LogP contribution in [0.4, 0.5) is 5.82 Å². The van der Waals surface area contributed by atoms with Crippen molar-refractivity contribution in [1.29, 1.82) is 0 Å². The van der Waals surface area contributed by atoms with E-state index in [4.69, 9.17) is 5.73 Å². The summed E-state index contributed by atoms with van der Waals surface area (Å²) < 4.78 is 2.76. The summed E-state index contributed by atoms with van der Waals surface area (Å²) in [4.78, 5) is 13.2. The number of fused-ring (bicyclic) bond motifs is 2. The van der Waals surface area contributed by atoms with Gasteiger partial charge < -0.3 is 20.5 Å². The molecule has 1 saturated heterocycles. The summed E-state index contributed by atoms with van der Waals surface area (Å²) >= 11 is 5.02. The first-order chi connectivity index (χ1) is 15.5. The fraction of sp³-hybridized carbons (Fsp3) is 0.348. The molecule has 0 spiro atoms. The average molecular weight is 514 g/mol. The van der Waals surface area contributed by atoms with E-state index in [9.17, 15) is 10.2 Å². The number of hydrogen-bond donors (Lipinski definition) is 3. The van der Waals surface area contributed by atoms with Crippen molar-refractivity contribution in [3.05, 3.63) is 58.6 Å². The molecule has 5 rings (SSSR count). The van der Waals surface area contributed by atoms with Crippen LogP contribution in [0.2, 0.25) is 0 Å². The number of nitrogens with two attached hydrogens (primary N) is 1. The molecule has 1 aliphatic heterocycles. The van der Waals surface area contributed by atoms with Gasteiger partial charge in [0.1, 0.15) is 29.3 Å². The molecule has 32 heavy (non-hydrogen) atoms. The van der Waals surface area contributed by atoms with E-state index in [0.717, 1.165) is 56.9 Å². The molecule has 9 heteroatoms. The zero-order valence-corrected chi connectivity index (χ0v) is 19.9. The van der Waals surface area contributed by atoms with Crippen molar-refractivity contribution in [2.45, 2.75) is 49.0 Å². The van der Waals surface area contributed by atoms with Gasteiger partial charge in [0.15, 0.2) is 0 Å². The lowest BCUT2D eigenvalue weighted by atomic mass is 10.0. The maximum absolute atomic E-state index is 10.8. The summed E-state index contributed by atoms with van der Waals surface area (Å²) in [5.41, 5.74) is 9.69. The normalized spacial score (nSPS) is 23.4. The Morgan fingerprint density at radius 1 is 1.16 bits per heavy atom. The Hall–Kier alpha value is -2.20. The van der Waals surface area contributed by atoms with Gasteiger partial charge in [0.25, 0.3) is 0 Å². The van der Waals surface area contributed by atoms with Crippen LogP contribution in [0, 0.1) is 0 Å². The minimum Gasteiger partial charge on any atom is -0.389 e. The number of anilines is 1. The molecule has 0 aliphatic carbocycles. The van der Waals surface area contributed by atoms with Gasteiger partial charge in [0.05, 0.1) is 21.8 Å². The van der Waals surface area contributed by atoms with Crippen LogP contribution in [0.1, 0.15) is 30.0 Å². The van der Waals surface area contributed by atoms with E-state index >= 15 is 0 Å². The summed E-state index contributed by atoms with van der Waals surface area (Å²) in [5, 5.41) is 23.2. The molecular formula is C23H24BrN5O2S. The van der Waals surface area contributed by atoms with E-state index in [0.29, 0.717) is 5.82 Å². The number of nitrogens with zero attached hydrogens (tertiary/aromatic N) is 4. The Kier molecular flexibility index (Phi) is 5.83. The van der Waals surface area contributed by atoms with Gasteiger partial charge in [-0.05, 0) is 59.0 Å². The molecule has 166 valence electrons. The third-order valence-corrected chi connectivity index (χ3v) is 8.40. The second-order valence-corrected chi connectivity index (χ2v) is 10.3. The van der Waals surface area contributed by atoms with Crippen LogP contribution in [0.5, 0.6) is 0 Å². The van der Waals surface area contributed by atoms with Crippen molar-refractivity contribution in [1.82, 2.24) is 19.5 Å². The zero-order chi connectivity index (χ0) is 22.4. The molecule has 4 N–H and O–H groups in total. The molecule has 0 saturated carbocycles. The molecule has 7 nitrogen and oxygen atoms in total. The van der Waals surface area contributed by atoms with E-state index in [-0.39, 0.29) is 10.6 Å². The second-order valence-electron chi connectivity index (χ2n) is 8.10. The van der Waals surface area contributed by atoms with Crippen LogP contribution in [0.15, 0.2) is 47.3 Å². The first-order valence-electron chi connectivity index (χ1n) is 10.6. The molecule has 0 bridgehead atoms. The summed E-state index contributed by atoms with van der Waals surface area (Å²) in [6.45, 7) is 2.06. The van der Waals surface area contributed by atoms with Crippen molar-refractivity contribution < 1.29 is 10.2 Å². The third kappa shape index (κ3) is 3.77. The van der Waals surface area contributed by atoms with E-state index in [1.807, 2.05) is 35.0 Å². The van der Waals surface area contributed by atoms with Crippen LogP contribution in [-0.4, -0.2) is 47.2 Å². The van der Waals surface area contributed by atoms with E-state index in [2.05, 4.69) is 43.9 Å². The van der Waals surface area contributed by atoms with E-state index in [1.165, 1.54) is 0 Å². The number of aromatic nitrogens is 4. The number of nitrogen functional groups attached to an aromatic ring is 1. The largest absolute Gasteiger partial charge is 0.389 e. The smallest absolute Gasteiger partial charge is 0.144 e. The number of aryl methyl sites for hydroxylation is 2. The highest BCUT2D eigenvalue weighted by Crippen LogP contribution is 2.45. The predicted octanol–water partition coefficient (Wildman–Crippen LogP) is 3.86. The first kappa shape index (κ1) is 21.6. The molecule has 4 aromatic rings. The number of halogens is 1. The highest BCUT2D eigenvalue weighted by Gasteiger charge is 2.43. The Morgan fingerprint density at radius 3 is 2.81 bits per heavy atom. The van der Waals surface area contributed by atoms with Gasteiger partial charge in [-0.25, -0.2) is 15.0 Å². The number of aliphatic hydroxyl groups excluding tert-OH is 2. The topological polar surface area (TPSA) is 110 Å². The molecule has 3 aromatic heterocycles. The van der Waals surface area contributed by atoms with Gasteiger partial charge in [0.2, 0.25) is 0 Å². The van der Waals surface area contributed by atoms with Crippen molar-refractivity contribution in [2.75, 3.05) is 5.73 Å². The zero-order valence-electron chi connectivity index (χ0n) is 17.5. The van der Waals surface area contributed by atoms with Gasteiger partial charge in [-0.2, -0.15) is 0 Å². The Morgan fingerprint density at radius 2 is 2.00 bits per heavy atom. The SMILES string of the molecule is CCc1ncnc2c1ccn2[C@@H]1S[C@H](CCc2ccc3cc(Br)c(N)nc3c2)[C@@H](O)[C@H]1O. The lowest BCUT2D eigenvalue weighted by Gasteiger charge is -2.17. The fourth-order valence-electron chi connectivity index (χ4n) is 4.37. The van der Waals surface area contributed by atoms with E-state index in [1.54, 1.807) is 18.1 Å². The van der Waals surface area contributed by atoms with Crippen molar-refractivity contribution >= 4 is 55.4 Å². The Bertz CT molecular complexity index is 1300. The maximum Gasteiger partial charge on any atom is 0.144 e. The lowest BCUT2D eigenvalue weighted by molar-refractivity contribution is 0.0176. The molecule has 0 unspecified atom stereocenters. The number of aliphatic hydroxyl groups is 2. The van der Waals surface area contributed by atoms with E-state index < -0.39 is 12.2 Å². The molecule has 4 heterocycles. The predicted molar refractivity (Wildman–Crippen MR) is 132 cm³/mol. The summed E-state index contributed by atoms with van der Waals surface area (Å²) in [6, 6.07) is 10.1. The van der Waals surface area contributed by atoms with Crippen LogP contribution < -0.4 is 5.73 Å². The van der Waals surface area contributed by atoms with Gasteiger partial charge in [0, 0.05) is 22.2 Å². The molecule has 0 radical (unpaired) electrons. The summed E-state index contributed by atoms with van der Waals surface area (Å²) in [6.07, 6.45) is 4.17. The maximum atomic E-state index is 10.8. The van der Waals surface area contributed by atoms with Crippen molar-refractivity contribution in [3.8, 4) is 0 Å². The van der Waals surface area contributed by atoms with Gasteiger partial charge in [-0.1, -0.05) is 19.1 Å². The number of thioether (sulfide) groups is 1. The van der Waals surface area contributed by atoms with Crippen LogP contribution >= 0.6 is 27.7 Å². The first-order valence-corrected chi connectivity index (χ1v) is 12.4. The minimum atomic E-state index is -0.865. The molecule has 1 aromatic carbocycles. The molecule has 1 fully saturated rings. The lowest BCUT2D eigenvalue weighted by Crippen LogP contribution is -2.31. The summed E-state index contributed by atoms with van der Waals surface area (Å²) in [7, 11) is 0. The molecule has 1 aliphatic rings. The Balaban J connectivity index is 1.34. The number of rotatable bonds is 5. The van der Waals surface area contributed by atoms with Crippen molar-refractivity contribution in [3.63, 3.8) is 0 Å². The van der Waals surface area contributed by atoms with Gasteiger partial charge in [-0.3, -0.25) is 0 Å². The highest BCUT2D eigenvalue weighted by molar-refractivity contribution is 9.10. The molecule has 0 amide bonds. The second kappa shape index (κ2) is 8.62. The van der Waals surface area contributed by atoms with Crippen LogP contribution in [0.25, 0.3) is 21.9 Å². The molecular weight excluding hydrogens is 490 g/mol. The standard InChI is InChI=1S/C23H24BrN5O2S/c1-2-16-14-7-8-29(22(14)27-11-26-16)23-20(31)19(30)18(32-23)6-4-12-3-5-13-10-15(24)21(25)28-17(13)9-12/h3,5,7-11,18-20,23,30-31H,2,4,6H2,1H3,(H2,25,28)/t18-,19-,20-,23-/m1/s1.